The van der Waals surface area contributed by atoms with Crippen molar-refractivity contribution in [2.24, 2.45) is 0 Å². The minimum absolute atomic E-state index is 0.0154. The predicted octanol–water partition coefficient (Wildman–Crippen LogP) is 1.86. The number of carboxylic acids is 1. The van der Waals surface area contributed by atoms with E-state index in [-0.39, 0.29) is 16.3 Å². The summed E-state index contributed by atoms with van der Waals surface area (Å²) in [5, 5.41) is 9.08. The summed E-state index contributed by atoms with van der Waals surface area (Å²) in [4.78, 5) is 15.4. The fraction of sp³-hybridized carbons (Fsp3) is 0.143. The standard InChI is InChI=1S/C14H13NO5S/c1-20-13-8-10(14(16)17)7-12(15-13)9-4-3-5-11(6-9)21(2,18)19/h3-8H,1-2H3,(H,16,17). The molecular weight excluding hydrogens is 294 g/mol. The van der Waals surface area contributed by atoms with Gasteiger partial charge >= 0.3 is 5.97 Å². The van der Waals surface area contributed by atoms with E-state index >= 15 is 0 Å². The van der Waals surface area contributed by atoms with Crippen LogP contribution in [0.5, 0.6) is 5.88 Å². The Bertz CT molecular complexity index is 799. The zero-order valence-electron chi connectivity index (χ0n) is 11.4. The largest absolute Gasteiger partial charge is 0.481 e. The zero-order valence-corrected chi connectivity index (χ0v) is 12.2. The third-order valence-corrected chi connectivity index (χ3v) is 3.93. The number of carbonyl (C=O) groups is 1. The van der Waals surface area contributed by atoms with E-state index < -0.39 is 15.8 Å². The van der Waals surface area contributed by atoms with Crippen LogP contribution in [0.15, 0.2) is 41.3 Å². The summed E-state index contributed by atoms with van der Waals surface area (Å²) in [7, 11) is -1.97. The van der Waals surface area contributed by atoms with E-state index in [0.717, 1.165) is 6.26 Å². The lowest BCUT2D eigenvalue weighted by Gasteiger charge is -2.07. The van der Waals surface area contributed by atoms with E-state index in [2.05, 4.69) is 4.98 Å². The first kappa shape index (κ1) is 15.0. The molecule has 0 fully saturated rings. The lowest BCUT2D eigenvalue weighted by atomic mass is 10.1. The highest BCUT2D eigenvalue weighted by atomic mass is 32.2. The van der Waals surface area contributed by atoms with Crippen LogP contribution in [0.2, 0.25) is 0 Å². The molecule has 0 amide bonds. The minimum atomic E-state index is -3.35. The summed E-state index contributed by atoms with van der Waals surface area (Å²) < 4.78 is 28.1. The molecule has 0 aliphatic carbocycles. The molecule has 7 heteroatoms. The molecule has 0 saturated heterocycles. The smallest absolute Gasteiger partial charge is 0.335 e. The summed E-state index contributed by atoms with van der Waals surface area (Å²) in [6.45, 7) is 0. The third-order valence-electron chi connectivity index (χ3n) is 2.82. The molecule has 0 aliphatic rings. The van der Waals surface area contributed by atoms with Crippen molar-refractivity contribution in [3.8, 4) is 17.1 Å². The Kier molecular flexibility index (Phi) is 3.95. The third kappa shape index (κ3) is 3.38. The van der Waals surface area contributed by atoms with Gasteiger partial charge in [-0.3, -0.25) is 0 Å². The van der Waals surface area contributed by atoms with Crippen LogP contribution >= 0.6 is 0 Å². The number of rotatable bonds is 4. The maximum atomic E-state index is 11.6. The Morgan fingerprint density at radius 2 is 1.95 bits per heavy atom. The van der Waals surface area contributed by atoms with Crippen molar-refractivity contribution < 1.29 is 23.1 Å². The summed E-state index contributed by atoms with van der Waals surface area (Å²) in [5.41, 5.74) is 0.846. The molecule has 2 aromatic rings. The molecule has 2 rings (SSSR count). The van der Waals surface area contributed by atoms with E-state index in [4.69, 9.17) is 9.84 Å². The van der Waals surface area contributed by atoms with Crippen LogP contribution in [-0.2, 0) is 9.84 Å². The lowest BCUT2D eigenvalue weighted by molar-refractivity contribution is 0.0696. The van der Waals surface area contributed by atoms with Crippen LogP contribution < -0.4 is 4.74 Å². The number of nitrogens with zero attached hydrogens (tertiary/aromatic N) is 1. The van der Waals surface area contributed by atoms with Crippen molar-refractivity contribution in [1.29, 1.82) is 0 Å². The van der Waals surface area contributed by atoms with Crippen LogP contribution in [0, 0.1) is 0 Å². The topological polar surface area (TPSA) is 93.6 Å². The van der Waals surface area contributed by atoms with Gasteiger partial charge in [0, 0.05) is 17.9 Å². The molecule has 21 heavy (non-hydrogen) atoms. The molecule has 1 aromatic carbocycles. The number of hydrogen-bond acceptors (Lipinski definition) is 5. The van der Waals surface area contributed by atoms with Crippen LogP contribution in [0.1, 0.15) is 10.4 Å². The lowest BCUT2D eigenvalue weighted by Crippen LogP contribution is -2.01. The van der Waals surface area contributed by atoms with Gasteiger partial charge in [0.25, 0.3) is 0 Å². The molecule has 0 aliphatic heterocycles. The van der Waals surface area contributed by atoms with Gasteiger partial charge in [0.1, 0.15) is 0 Å². The number of methoxy groups -OCH3 is 1. The molecule has 0 spiro atoms. The van der Waals surface area contributed by atoms with Gasteiger partial charge in [0.15, 0.2) is 9.84 Å². The molecular formula is C14H13NO5S. The Balaban J connectivity index is 2.61. The maximum Gasteiger partial charge on any atom is 0.335 e. The first-order chi connectivity index (χ1) is 9.81. The van der Waals surface area contributed by atoms with Crippen molar-refractivity contribution in [2.45, 2.75) is 4.90 Å². The van der Waals surface area contributed by atoms with Crippen molar-refractivity contribution in [2.75, 3.05) is 13.4 Å². The second kappa shape index (κ2) is 5.53. The second-order valence-electron chi connectivity index (χ2n) is 4.39. The second-order valence-corrected chi connectivity index (χ2v) is 6.40. The van der Waals surface area contributed by atoms with E-state index in [9.17, 15) is 13.2 Å². The van der Waals surface area contributed by atoms with E-state index in [1.54, 1.807) is 12.1 Å². The molecule has 0 saturated carbocycles. The van der Waals surface area contributed by atoms with Crippen molar-refractivity contribution >= 4 is 15.8 Å². The van der Waals surface area contributed by atoms with Crippen molar-refractivity contribution in [1.82, 2.24) is 4.98 Å². The zero-order chi connectivity index (χ0) is 15.6. The maximum absolute atomic E-state index is 11.6. The minimum Gasteiger partial charge on any atom is -0.481 e. The Hall–Kier alpha value is -2.41. The van der Waals surface area contributed by atoms with Crippen LogP contribution in [0.3, 0.4) is 0 Å². The van der Waals surface area contributed by atoms with Gasteiger partial charge in [-0.2, -0.15) is 0 Å². The Labute approximate surface area is 121 Å². The number of sulfone groups is 1. The summed E-state index contributed by atoms with van der Waals surface area (Å²) in [6.07, 6.45) is 1.10. The van der Waals surface area contributed by atoms with Gasteiger partial charge in [-0.1, -0.05) is 12.1 Å². The number of aromatic carboxylic acids is 1. The van der Waals surface area contributed by atoms with Gasteiger partial charge in [0.2, 0.25) is 5.88 Å². The normalized spacial score (nSPS) is 11.1. The number of carboxylic acid groups (broad SMARTS) is 1. The fourth-order valence-electron chi connectivity index (χ4n) is 1.77. The van der Waals surface area contributed by atoms with Gasteiger partial charge in [0.05, 0.1) is 23.3 Å². The Morgan fingerprint density at radius 3 is 2.52 bits per heavy atom. The molecule has 110 valence electrons. The monoisotopic (exact) mass is 307 g/mol. The van der Waals surface area contributed by atoms with Crippen LogP contribution in [0.25, 0.3) is 11.3 Å². The molecule has 0 bridgehead atoms. The van der Waals surface area contributed by atoms with E-state index in [1.165, 1.54) is 31.4 Å². The van der Waals surface area contributed by atoms with Crippen molar-refractivity contribution in [3.05, 3.63) is 42.0 Å². The van der Waals surface area contributed by atoms with E-state index in [1.807, 2.05) is 0 Å². The molecule has 0 atom stereocenters. The summed E-state index contributed by atoms with van der Waals surface area (Å²) in [5.74, 6) is -0.967. The highest BCUT2D eigenvalue weighted by molar-refractivity contribution is 7.90. The molecule has 1 heterocycles. The average Bonchev–Trinajstić information content (AvgIpc) is 2.46. The first-order valence-corrected chi connectivity index (χ1v) is 7.80. The quantitative estimate of drug-likeness (QED) is 0.926. The highest BCUT2D eigenvalue weighted by Gasteiger charge is 2.13. The first-order valence-electron chi connectivity index (χ1n) is 5.91. The molecule has 6 nitrogen and oxygen atoms in total. The number of benzene rings is 1. The van der Waals surface area contributed by atoms with Crippen LogP contribution in [-0.4, -0.2) is 37.8 Å². The van der Waals surface area contributed by atoms with Gasteiger partial charge in [-0.15, -0.1) is 0 Å². The van der Waals surface area contributed by atoms with Crippen molar-refractivity contribution in [3.63, 3.8) is 0 Å². The summed E-state index contributed by atoms with van der Waals surface area (Å²) in [6, 6.07) is 8.81. The number of ether oxygens (including phenoxy) is 1. The molecule has 0 radical (unpaired) electrons. The number of aromatic nitrogens is 1. The predicted molar refractivity (Wildman–Crippen MR) is 76.3 cm³/mol. The summed E-state index contributed by atoms with van der Waals surface area (Å²) >= 11 is 0. The average molecular weight is 307 g/mol. The van der Waals surface area contributed by atoms with E-state index in [0.29, 0.717) is 11.3 Å². The van der Waals surface area contributed by atoms with Gasteiger partial charge in [-0.05, 0) is 18.2 Å². The van der Waals surface area contributed by atoms with Gasteiger partial charge in [-0.25, -0.2) is 18.2 Å². The van der Waals surface area contributed by atoms with Crippen LogP contribution in [0.4, 0.5) is 0 Å². The SMILES string of the molecule is COc1cc(C(=O)O)cc(-c2cccc(S(C)(=O)=O)c2)n1. The van der Waals surface area contributed by atoms with Gasteiger partial charge < -0.3 is 9.84 Å². The highest BCUT2D eigenvalue weighted by Crippen LogP contribution is 2.24. The fourth-order valence-corrected chi connectivity index (χ4v) is 2.43. The Morgan fingerprint density at radius 1 is 1.24 bits per heavy atom. The molecule has 1 aromatic heterocycles. The number of hydrogen-bond donors (Lipinski definition) is 1. The molecule has 0 unspecified atom stereocenters. The molecule has 1 N–H and O–H groups in total. The number of pyridine rings is 1.